The minimum atomic E-state index is -3.23. The number of nitrogens with one attached hydrogen (secondary N) is 2. The average Bonchev–Trinajstić information content (AvgIpc) is 2.80. The highest BCUT2D eigenvalue weighted by Gasteiger charge is 2.26. The predicted octanol–water partition coefficient (Wildman–Crippen LogP) is 3.55. The van der Waals surface area contributed by atoms with Gasteiger partial charge in [0.15, 0.2) is 9.84 Å². The lowest BCUT2D eigenvalue weighted by Crippen LogP contribution is -2.52. The fraction of sp³-hybridized carbons (Fsp3) is 0.462. The maximum absolute atomic E-state index is 13.0. The summed E-state index contributed by atoms with van der Waals surface area (Å²) in [7, 11) is -3.23. The van der Waals surface area contributed by atoms with E-state index in [0.717, 1.165) is 22.4 Å². The van der Waals surface area contributed by atoms with Crippen LogP contribution in [0.15, 0.2) is 53.4 Å². The molecule has 0 heterocycles. The van der Waals surface area contributed by atoms with Crippen molar-refractivity contribution in [1.82, 2.24) is 10.6 Å². The molecule has 0 radical (unpaired) electrons. The molecule has 35 heavy (non-hydrogen) atoms. The maximum atomic E-state index is 13.0. The molecular formula is C26H37N3O4S2. The van der Waals surface area contributed by atoms with E-state index in [0.29, 0.717) is 12.8 Å². The molecule has 0 fully saturated rings. The van der Waals surface area contributed by atoms with Gasteiger partial charge in [0.2, 0.25) is 11.8 Å². The Hall–Kier alpha value is -2.36. The van der Waals surface area contributed by atoms with Gasteiger partial charge in [-0.2, -0.15) is 11.8 Å². The zero-order chi connectivity index (χ0) is 26.2. The molecule has 2 rings (SSSR count). The van der Waals surface area contributed by atoms with E-state index in [1.54, 1.807) is 36.0 Å². The lowest BCUT2D eigenvalue weighted by Gasteiger charge is -2.26. The summed E-state index contributed by atoms with van der Waals surface area (Å²) in [6.45, 7) is 6.10. The summed E-state index contributed by atoms with van der Waals surface area (Å²) < 4.78 is 23.4. The molecule has 0 saturated carbocycles. The van der Waals surface area contributed by atoms with Crippen molar-refractivity contribution in [3.8, 4) is 11.1 Å². The molecule has 2 aromatic carbocycles. The number of rotatable bonds is 13. The minimum absolute atomic E-state index is 0.107. The summed E-state index contributed by atoms with van der Waals surface area (Å²) in [6, 6.07) is 13.5. The predicted molar refractivity (Wildman–Crippen MR) is 144 cm³/mol. The molecule has 2 aromatic rings. The second kappa shape index (κ2) is 13.1. The second-order valence-corrected chi connectivity index (χ2v) is 12.2. The molecule has 7 nitrogen and oxygen atoms in total. The Kier molecular flexibility index (Phi) is 10.8. The molecule has 0 aromatic heterocycles. The van der Waals surface area contributed by atoms with Crippen LogP contribution in [0.25, 0.3) is 11.1 Å². The third-order valence-electron chi connectivity index (χ3n) is 5.77. The number of nitrogens with two attached hydrogens (primary N) is 1. The fourth-order valence-electron chi connectivity index (χ4n) is 3.77. The summed E-state index contributed by atoms with van der Waals surface area (Å²) in [6.07, 6.45) is 4.25. The van der Waals surface area contributed by atoms with E-state index in [2.05, 4.69) is 24.5 Å². The molecule has 2 amide bonds. The molecular weight excluding hydrogens is 482 g/mol. The van der Waals surface area contributed by atoms with Crippen LogP contribution in [0.4, 0.5) is 0 Å². The normalized spacial score (nSPS) is 14.3. The Labute approximate surface area is 213 Å². The van der Waals surface area contributed by atoms with Crippen molar-refractivity contribution in [1.29, 1.82) is 0 Å². The molecule has 0 aliphatic rings. The van der Waals surface area contributed by atoms with Gasteiger partial charge < -0.3 is 11.1 Å². The van der Waals surface area contributed by atoms with Gasteiger partial charge in [-0.1, -0.05) is 50.2 Å². The van der Waals surface area contributed by atoms with Crippen molar-refractivity contribution in [3.63, 3.8) is 0 Å². The van der Waals surface area contributed by atoms with E-state index in [1.165, 1.54) is 6.26 Å². The van der Waals surface area contributed by atoms with E-state index in [4.69, 9.17) is 5.73 Å². The number of carbonyl (C=O) groups is 2. The molecule has 0 unspecified atom stereocenters. The van der Waals surface area contributed by atoms with Crippen LogP contribution in [0.3, 0.4) is 0 Å². The third-order valence-corrected chi connectivity index (χ3v) is 7.54. The summed E-state index contributed by atoms with van der Waals surface area (Å²) in [4.78, 5) is 25.1. The van der Waals surface area contributed by atoms with Gasteiger partial charge in [0.25, 0.3) is 0 Å². The van der Waals surface area contributed by atoms with Gasteiger partial charge in [0, 0.05) is 12.3 Å². The number of hydrogen-bond donors (Lipinski definition) is 3. The number of benzene rings is 2. The van der Waals surface area contributed by atoms with Gasteiger partial charge in [-0.3, -0.25) is 14.9 Å². The minimum Gasteiger partial charge on any atom is -0.368 e. The second-order valence-electron chi connectivity index (χ2n) is 9.23. The molecule has 0 aliphatic heterocycles. The van der Waals surface area contributed by atoms with Crippen LogP contribution in [-0.4, -0.2) is 50.6 Å². The Morgan fingerprint density at radius 1 is 0.943 bits per heavy atom. The molecule has 0 bridgehead atoms. The number of primary amides is 1. The molecule has 3 atom stereocenters. The molecule has 192 valence electrons. The first-order valence-corrected chi connectivity index (χ1v) is 15.0. The number of thioether (sulfide) groups is 1. The van der Waals surface area contributed by atoms with Gasteiger partial charge in [0.05, 0.1) is 10.9 Å². The Morgan fingerprint density at radius 2 is 1.49 bits per heavy atom. The first kappa shape index (κ1) is 28.9. The number of amides is 2. The van der Waals surface area contributed by atoms with Crippen molar-refractivity contribution in [2.24, 2.45) is 11.7 Å². The highest BCUT2D eigenvalue weighted by Crippen LogP contribution is 2.24. The number of hydrogen-bond acceptors (Lipinski definition) is 6. The highest BCUT2D eigenvalue weighted by atomic mass is 32.2. The van der Waals surface area contributed by atoms with E-state index in [9.17, 15) is 18.0 Å². The summed E-state index contributed by atoms with van der Waals surface area (Å²) in [5, 5.41) is 6.24. The van der Waals surface area contributed by atoms with Crippen LogP contribution in [-0.2, 0) is 19.4 Å². The quantitative estimate of drug-likeness (QED) is 0.372. The summed E-state index contributed by atoms with van der Waals surface area (Å²) >= 11 is 1.60. The van der Waals surface area contributed by atoms with E-state index in [1.807, 2.05) is 37.4 Å². The standard InChI is InChI=1S/C26H37N3O4S2/c1-17(2)16-24(26(31)29-23(25(27)30)14-15-34-4)28-18(3)19-6-8-20(9-7-19)21-10-12-22(13-11-21)35(5,32)33/h6-13,17-18,23-24,28H,14-16H2,1-5H3,(H2,27,30)(H,29,31)/t18-,23+,24+/m1/s1. The molecule has 9 heteroatoms. The fourth-order valence-corrected chi connectivity index (χ4v) is 4.87. The maximum Gasteiger partial charge on any atom is 0.240 e. The van der Waals surface area contributed by atoms with Crippen molar-refractivity contribution in [2.45, 2.75) is 56.6 Å². The van der Waals surface area contributed by atoms with Crippen molar-refractivity contribution in [2.75, 3.05) is 18.3 Å². The summed E-state index contributed by atoms with van der Waals surface area (Å²) in [5.41, 5.74) is 8.40. The smallest absolute Gasteiger partial charge is 0.240 e. The van der Waals surface area contributed by atoms with Gasteiger partial charge >= 0.3 is 0 Å². The zero-order valence-electron chi connectivity index (χ0n) is 21.1. The Bertz CT molecular complexity index is 1080. The highest BCUT2D eigenvalue weighted by molar-refractivity contribution is 7.98. The van der Waals surface area contributed by atoms with E-state index in [-0.39, 0.29) is 22.8 Å². The van der Waals surface area contributed by atoms with Crippen molar-refractivity contribution < 1.29 is 18.0 Å². The SMILES string of the molecule is CSCC[C@H](NC(=O)[C@H](CC(C)C)N[C@H](C)c1ccc(-c2ccc(S(C)(=O)=O)cc2)cc1)C(N)=O. The monoisotopic (exact) mass is 519 g/mol. The topological polar surface area (TPSA) is 118 Å². The van der Waals surface area contributed by atoms with Crippen LogP contribution < -0.4 is 16.4 Å². The van der Waals surface area contributed by atoms with Gasteiger partial charge in [-0.25, -0.2) is 8.42 Å². The van der Waals surface area contributed by atoms with Gasteiger partial charge in [0.1, 0.15) is 6.04 Å². The average molecular weight is 520 g/mol. The lowest BCUT2D eigenvalue weighted by atomic mass is 9.98. The summed E-state index contributed by atoms with van der Waals surface area (Å²) in [5.74, 6) is 0.263. The number of sulfone groups is 1. The van der Waals surface area contributed by atoms with Crippen LogP contribution in [0.5, 0.6) is 0 Å². The molecule has 0 saturated heterocycles. The molecule has 0 spiro atoms. The Balaban J connectivity index is 2.12. The third kappa shape index (κ3) is 8.98. The Morgan fingerprint density at radius 3 is 1.94 bits per heavy atom. The van der Waals surface area contributed by atoms with Crippen LogP contribution >= 0.6 is 11.8 Å². The van der Waals surface area contributed by atoms with E-state index >= 15 is 0 Å². The van der Waals surface area contributed by atoms with Crippen LogP contribution in [0.2, 0.25) is 0 Å². The first-order valence-electron chi connectivity index (χ1n) is 11.7. The number of carbonyl (C=O) groups excluding carboxylic acids is 2. The van der Waals surface area contributed by atoms with Crippen LogP contribution in [0.1, 0.15) is 45.2 Å². The van der Waals surface area contributed by atoms with Gasteiger partial charge in [-0.05, 0) is 66.5 Å². The zero-order valence-corrected chi connectivity index (χ0v) is 22.7. The van der Waals surface area contributed by atoms with Crippen molar-refractivity contribution >= 4 is 33.4 Å². The molecule has 4 N–H and O–H groups in total. The first-order chi connectivity index (χ1) is 16.4. The largest absolute Gasteiger partial charge is 0.368 e. The van der Waals surface area contributed by atoms with Crippen molar-refractivity contribution in [3.05, 3.63) is 54.1 Å². The lowest BCUT2D eigenvalue weighted by molar-refractivity contribution is -0.129. The van der Waals surface area contributed by atoms with Gasteiger partial charge in [-0.15, -0.1) is 0 Å². The van der Waals surface area contributed by atoms with E-state index < -0.39 is 27.8 Å². The molecule has 0 aliphatic carbocycles. The van der Waals surface area contributed by atoms with Crippen LogP contribution in [0, 0.1) is 5.92 Å².